The Labute approximate surface area is 218 Å². The first kappa shape index (κ1) is 25.8. The Hall–Kier alpha value is -4.30. The second-order valence-corrected chi connectivity index (χ2v) is 10.2. The molecule has 0 saturated heterocycles. The highest BCUT2D eigenvalue weighted by Crippen LogP contribution is 2.25. The fourth-order valence-corrected chi connectivity index (χ4v) is 4.82. The molecule has 0 radical (unpaired) electrons. The van der Waals surface area contributed by atoms with E-state index in [1.165, 1.54) is 43.9 Å². The topological polar surface area (TPSA) is 169 Å². The van der Waals surface area contributed by atoms with Gasteiger partial charge in [0.2, 0.25) is 5.88 Å². The normalized spacial score (nSPS) is 11.5. The molecule has 2 aromatic heterocycles. The van der Waals surface area contributed by atoms with Gasteiger partial charge in [0.15, 0.2) is 11.6 Å². The van der Waals surface area contributed by atoms with Crippen molar-refractivity contribution < 1.29 is 18.3 Å². The van der Waals surface area contributed by atoms with Gasteiger partial charge < -0.3 is 9.84 Å². The Morgan fingerprint density at radius 2 is 1.92 bits per heavy atom. The Kier molecular flexibility index (Phi) is 7.22. The standard InChI is InChI=1S/C23H19BrN6O6S/c1-13-9-14(24)3-8-18(13)30-22(32)17(21(31)28-23(30)33)10-26-15-4-6-16(7-5-15)37(34,35)29-20-19(36-2)11-25-12-27-20/h3-12,32H,1-2H3,(H,25,27,29)(H,28,31,33). The molecule has 4 rings (SSSR count). The van der Waals surface area contributed by atoms with Crippen molar-refractivity contribution in [2.45, 2.75) is 11.8 Å². The van der Waals surface area contributed by atoms with Crippen LogP contribution in [0.3, 0.4) is 0 Å². The minimum Gasteiger partial charge on any atom is -0.493 e. The lowest BCUT2D eigenvalue weighted by atomic mass is 10.2. The van der Waals surface area contributed by atoms with E-state index >= 15 is 0 Å². The fourth-order valence-electron chi connectivity index (χ4n) is 3.33. The lowest BCUT2D eigenvalue weighted by Crippen LogP contribution is -2.31. The van der Waals surface area contributed by atoms with Crippen molar-refractivity contribution in [1.29, 1.82) is 0 Å². The number of aryl methyl sites for hydroxylation is 1. The lowest BCUT2D eigenvalue weighted by Gasteiger charge is -2.12. The van der Waals surface area contributed by atoms with Crippen LogP contribution < -0.4 is 20.7 Å². The summed E-state index contributed by atoms with van der Waals surface area (Å²) in [4.78, 5) is 38.7. The van der Waals surface area contributed by atoms with Gasteiger partial charge in [0.25, 0.3) is 15.6 Å². The summed E-state index contributed by atoms with van der Waals surface area (Å²) in [6.45, 7) is 1.75. The van der Waals surface area contributed by atoms with E-state index < -0.39 is 27.2 Å². The minimum atomic E-state index is -4.00. The molecule has 0 unspecified atom stereocenters. The predicted octanol–water partition coefficient (Wildman–Crippen LogP) is 2.65. The van der Waals surface area contributed by atoms with E-state index in [9.17, 15) is 23.1 Å². The number of hydrogen-bond acceptors (Lipinski definition) is 9. The molecule has 0 aliphatic carbocycles. The van der Waals surface area contributed by atoms with Crippen LogP contribution in [0.25, 0.3) is 5.69 Å². The molecule has 2 aromatic carbocycles. The maximum Gasteiger partial charge on any atom is 0.335 e. The van der Waals surface area contributed by atoms with Gasteiger partial charge in [-0.25, -0.2) is 27.7 Å². The van der Waals surface area contributed by atoms with Gasteiger partial charge >= 0.3 is 5.69 Å². The molecule has 0 spiro atoms. The molecule has 0 amide bonds. The van der Waals surface area contributed by atoms with E-state index in [1.54, 1.807) is 25.1 Å². The number of halogens is 1. The van der Waals surface area contributed by atoms with Crippen molar-refractivity contribution in [3.8, 4) is 17.3 Å². The van der Waals surface area contributed by atoms with Crippen LogP contribution in [-0.2, 0) is 10.0 Å². The summed E-state index contributed by atoms with van der Waals surface area (Å²) in [5.74, 6) is -0.465. The molecular formula is C23H19BrN6O6S. The molecule has 2 heterocycles. The SMILES string of the molecule is COc1cncnc1NS(=O)(=O)c1ccc(N=Cc2c(O)n(-c3ccc(Br)cc3C)c(=O)[nH]c2=O)cc1. The number of sulfonamides is 1. The quantitative estimate of drug-likeness (QED) is 0.277. The van der Waals surface area contributed by atoms with Crippen LogP contribution in [0, 0.1) is 6.92 Å². The van der Waals surface area contributed by atoms with Crippen LogP contribution in [0.5, 0.6) is 11.6 Å². The largest absolute Gasteiger partial charge is 0.493 e. The van der Waals surface area contributed by atoms with E-state index in [1.807, 2.05) is 0 Å². The Bertz CT molecular complexity index is 1730. The molecule has 0 aliphatic rings. The summed E-state index contributed by atoms with van der Waals surface area (Å²) < 4.78 is 34.6. The highest BCUT2D eigenvalue weighted by Gasteiger charge is 2.18. The van der Waals surface area contributed by atoms with Crippen LogP contribution in [-0.4, -0.2) is 46.4 Å². The van der Waals surface area contributed by atoms with Crippen LogP contribution in [0.4, 0.5) is 11.5 Å². The highest BCUT2D eigenvalue weighted by atomic mass is 79.9. The number of ether oxygens (including phenoxy) is 1. The van der Waals surface area contributed by atoms with Crippen molar-refractivity contribution >= 4 is 43.7 Å². The molecule has 0 saturated carbocycles. The third-order valence-electron chi connectivity index (χ3n) is 5.14. The monoisotopic (exact) mass is 586 g/mol. The van der Waals surface area contributed by atoms with E-state index in [4.69, 9.17) is 4.74 Å². The first-order chi connectivity index (χ1) is 17.6. The first-order valence-electron chi connectivity index (χ1n) is 10.5. The van der Waals surface area contributed by atoms with Gasteiger partial charge in [0, 0.05) is 10.7 Å². The number of hydrogen-bond donors (Lipinski definition) is 3. The molecule has 4 aromatic rings. The van der Waals surface area contributed by atoms with Crippen molar-refractivity contribution in [1.82, 2.24) is 19.5 Å². The van der Waals surface area contributed by atoms with Crippen LogP contribution in [0.2, 0.25) is 0 Å². The number of methoxy groups -OCH3 is 1. The van der Waals surface area contributed by atoms with Crippen LogP contribution in [0.1, 0.15) is 11.1 Å². The number of nitrogens with zero attached hydrogens (tertiary/aromatic N) is 4. The summed E-state index contributed by atoms with van der Waals surface area (Å²) in [6.07, 6.45) is 3.59. The van der Waals surface area contributed by atoms with Crippen LogP contribution in [0.15, 0.2) is 78.9 Å². The Balaban J connectivity index is 1.63. The Morgan fingerprint density at radius 1 is 1.19 bits per heavy atom. The van der Waals surface area contributed by atoms with Gasteiger partial charge in [-0.05, 0) is 55.0 Å². The van der Waals surface area contributed by atoms with Gasteiger partial charge in [0.05, 0.1) is 29.6 Å². The summed E-state index contributed by atoms with van der Waals surface area (Å²) in [6, 6.07) is 10.5. The summed E-state index contributed by atoms with van der Waals surface area (Å²) in [5.41, 5.74) is -0.566. The number of aromatic hydroxyl groups is 1. The number of nitrogens with one attached hydrogen (secondary N) is 2. The molecule has 12 nitrogen and oxygen atoms in total. The number of benzene rings is 2. The van der Waals surface area contributed by atoms with E-state index in [0.717, 1.165) is 15.3 Å². The van der Waals surface area contributed by atoms with E-state index in [0.29, 0.717) is 11.3 Å². The van der Waals surface area contributed by atoms with Crippen LogP contribution >= 0.6 is 15.9 Å². The number of rotatable bonds is 7. The second-order valence-electron chi connectivity index (χ2n) is 7.56. The molecule has 0 bridgehead atoms. The van der Waals surface area contributed by atoms with Crippen molar-refractivity contribution in [2.75, 3.05) is 11.8 Å². The van der Waals surface area contributed by atoms with Crippen molar-refractivity contribution in [2.24, 2.45) is 4.99 Å². The molecule has 0 atom stereocenters. The zero-order chi connectivity index (χ0) is 26.7. The number of anilines is 1. The molecular weight excluding hydrogens is 568 g/mol. The van der Waals surface area contributed by atoms with E-state index in [-0.39, 0.29) is 27.7 Å². The third kappa shape index (κ3) is 5.44. The third-order valence-corrected chi connectivity index (χ3v) is 6.99. The zero-order valence-electron chi connectivity index (χ0n) is 19.3. The second kappa shape index (κ2) is 10.4. The Morgan fingerprint density at radius 3 is 2.59 bits per heavy atom. The average molecular weight is 587 g/mol. The molecule has 3 N–H and O–H groups in total. The first-order valence-corrected chi connectivity index (χ1v) is 12.7. The van der Waals surface area contributed by atoms with Crippen molar-refractivity contribution in [3.63, 3.8) is 0 Å². The van der Waals surface area contributed by atoms with Gasteiger partial charge in [0.1, 0.15) is 11.9 Å². The van der Waals surface area contributed by atoms with Gasteiger partial charge in [-0.2, -0.15) is 0 Å². The summed E-state index contributed by atoms with van der Waals surface area (Å²) in [7, 11) is -2.64. The van der Waals surface area contributed by atoms with Gasteiger partial charge in [-0.3, -0.25) is 19.5 Å². The zero-order valence-corrected chi connectivity index (χ0v) is 21.7. The minimum absolute atomic E-state index is 0.0227. The average Bonchev–Trinajstić information content (AvgIpc) is 2.85. The summed E-state index contributed by atoms with van der Waals surface area (Å²) in [5, 5.41) is 10.7. The highest BCUT2D eigenvalue weighted by molar-refractivity contribution is 9.10. The smallest absolute Gasteiger partial charge is 0.335 e. The summed E-state index contributed by atoms with van der Waals surface area (Å²) >= 11 is 3.34. The number of aliphatic imine (C=N–C) groups is 1. The number of H-pyrrole nitrogens is 1. The molecule has 0 aliphatic heterocycles. The van der Waals surface area contributed by atoms with Gasteiger partial charge in [-0.15, -0.1) is 0 Å². The number of aromatic nitrogens is 4. The molecule has 14 heteroatoms. The maximum atomic E-state index is 12.7. The molecule has 0 fully saturated rings. The van der Waals surface area contributed by atoms with Gasteiger partial charge in [-0.1, -0.05) is 15.9 Å². The van der Waals surface area contributed by atoms with E-state index in [2.05, 4.69) is 40.6 Å². The molecule has 37 heavy (non-hydrogen) atoms. The molecule has 190 valence electrons. The maximum absolute atomic E-state index is 12.7. The lowest BCUT2D eigenvalue weighted by molar-refractivity contribution is 0.413. The number of aromatic amines is 1. The van der Waals surface area contributed by atoms with Crippen molar-refractivity contribution in [3.05, 3.63) is 91.4 Å². The fraction of sp³-hybridized carbons (Fsp3) is 0.0870. The predicted molar refractivity (Wildman–Crippen MR) is 140 cm³/mol.